The zero-order valence-electron chi connectivity index (χ0n) is 3.69. The molecule has 10 N–H and O–H groups in total. The molecule has 0 aliphatic carbocycles. The summed E-state index contributed by atoms with van der Waals surface area (Å²) in [5.74, 6) is 0. The standard InChI is InChI=1S/Cl2HN.3H3N.Pd/c1-3-2;;;;/h3H;3*1H3;. The van der Waals surface area contributed by atoms with Crippen molar-refractivity contribution in [3.63, 3.8) is 0 Å². The van der Waals surface area contributed by atoms with Crippen LogP contribution in [0.1, 0.15) is 0 Å². The van der Waals surface area contributed by atoms with Gasteiger partial charge in [0.1, 0.15) is 0 Å². The van der Waals surface area contributed by atoms with Crippen LogP contribution in [0.25, 0.3) is 0 Å². The largest absolute Gasteiger partial charge is 0.344 e. The van der Waals surface area contributed by atoms with E-state index >= 15 is 0 Å². The molecule has 0 bridgehead atoms. The topological polar surface area (TPSA) is 117 Å². The minimum atomic E-state index is 0. The van der Waals surface area contributed by atoms with Crippen molar-refractivity contribution in [1.82, 2.24) is 22.8 Å². The van der Waals surface area contributed by atoms with Gasteiger partial charge >= 0.3 is 0 Å². The molecule has 0 aromatic rings. The smallest absolute Gasteiger partial charge is 0 e. The average molecular weight is 243 g/mol. The second kappa shape index (κ2) is 60.4. The van der Waals surface area contributed by atoms with Crippen molar-refractivity contribution in [3.8, 4) is 0 Å². The van der Waals surface area contributed by atoms with Gasteiger partial charge in [-0.3, -0.25) is 0 Å². The van der Waals surface area contributed by atoms with Gasteiger partial charge in [-0.1, -0.05) is 0 Å². The van der Waals surface area contributed by atoms with Crippen molar-refractivity contribution in [2.24, 2.45) is 0 Å². The third-order valence-corrected chi connectivity index (χ3v) is 0. The number of nitrogens with one attached hydrogen (secondary N) is 1. The maximum Gasteiger partial charge on any atom is 0 e. The van der Waals surface area contributed by atoms with Gasteiger partial charge in [0.15, 0.2) is 0 Å². The SMILES string of the molecule is ClNCl.N.N.N.[Pd]. The molecule has 0 amide bonds. The maximum absolute atomic E-state index is 4.51. The Labute approximate surface area is 66.9 Å². The van der Waals surface area contributed by atoms with E-state index in [1.54, 1.807) is 4.35 Å². The summed E-state index contributed by atoms with van der Waals surface area (Å²) in [7, 11) is 0. The van der Waals surface area contributed by atoms with Gasteiger partial charge in [-0.05, 0) is 23.6 Å². The Morgan fingerprint density at radius 3 is 0.857 bits per heavy atom. The van der Waals surface area contributed by atoms with Crippen LogP contribution in [0.3, 0.4) is 0 Å². The van der Waals surface area contributed by atoms with Crippen molar-refractivity contribution < 1.29 is 20.4 Å². The zero-order valence-corrected chi connectivity index (χ0v) is 6.76. The summed E-state index contributed by atoms with van der Waals surface area (Å²) in [4.78, 5) is 0. The van der Waals surface area contributed by atoms with Crippen LogP contribution in [0.2, 0.25) is 0 Å². The molecule has 4 nitrogen and oxygen atoms in total. The van der Waals surface area contributed by atoms with Crippen LogP contribution >= 0.6 is 23.6 Å². The maximum atomic E-state index is 4.51. The number of halogens is 2. The quantitative estimate of drug-likeness (QED) is 0.379. The summed E-state index contributed by atoms with van der Waals surface area (Å²) in [6.07, 6.45) is 0. The number of hydrogen-bond donors (Lipinski definition) is 4. The molecule has 0 unspecified atom stereocenters. The van der Waals surface area contributed by atoms with Gasteiger partial charge in [0.05, 0.1) is 0 Å². The Balaban J connectivity index is -0.00000000333. The summed E-state index contributed by atoms with van der Waals surface area (Å²) in [5.41, 5.74) is 0. The van der Waals surface area contributed by atoms with Gasteiger partial charge in [0.2, 0.25) is 0 Å². The van der Waals surface area contributed by atoms with E-state index in [1.807, 2.05) is 0 Å². The van der Waals surface area contributed by atoms with E-state index in [4.69, 9.17) is 0 Å². The summed E-state index contributed by atoms with van der Waals surface area (Å²) in [6.45, 7) is 0. The molecular weight excluding hydrogens is 233 g/mol. The van der Waals surface area contributed by atoms with Crippen molar-refractivity contribution in [2.45, 2.75) is 0 Å². The molecule has 7 heavy (non-hydrogen) atoms. The van der Waals surface area contributed by atoms with Gasteiger partial charge in [0, 0.05) is 20.4 Å². The Bertz CT molecular complexity index is 9.65. The molecule has 7 heteroatoms. The van der Waals surface area contributed by atoms with Gasteiger partial charge in [-0.25, -0.2) is 0 Å². The van der Waals surface area contributed by atoms with Crippen LogP contribution in [0.4, 0.5) is 0 Å². The Kier molecular flexibility index (Phi) is 368. The van der Waals surface area contributed by atoms with Crippen LogP contribution in [-0.4, -0.2) is 0 Å². The van der Waals surface area contributed by atoms with E-state index in [9.17, 15) is 0 Å². The van der Waals surface area contributed by atoms with Crippen molar-refractivity contribution in [1.29, 1.82) is 0 Å². The molecule has 0 spiro atoms. The predicted octanol–water partition coefficient (Wildman–Crippen LogP) is 1.37. The van der Waals surface area contributed by atoms with Gasteiger partial charge in [-0.2, -0.15) is 0 Å². The normalized spacial score (nSPS) is 2.57. The summed E-state index contributed by atoms with van der Waals surface area (Å²) >= 11 is 9.03. The fourth-order valence-electron chi connectivity index (χ4n) is 0. The fourth-order valence-corrected chi connectivity index (χ4v) is 0. The summed E-state index contributed by atoms with van der Waals surface area (Å²) < 4.78 is 1.69. The summed E-state index contributed by atoms with van der Waals surface area (Å²) in [5, 5.41) is 0. The first-order valence-corrected chi connectivity index (χ1v) is 1.13. The van der Waals surface area contributed by atoms with Crippen LogP contribution in [-0.2, 0) is 20.4 Å². The number of hydrogen-bond acceptors (Lipinski definition) is 4. The van der Waals surface area contributed by atoms with E-state index in [1.165, 1.54) is 0 Å². The first-order chi connectivity index (χ1) is 1.41. The van der Waals surface area contributed by atoms with Crippen molar-refractivity contribution in [3.05, 3.63) is 0 Å². The second-order valence-corrected chi connectivity index (χ2v) is 0.643. The molecule has 0 aromatic carbocycles. The molecular formula is H10Cl2N4Pd. The Morgan fingerprint density at radius 1 is 0.857 bits per heavy atom. The van der Waals surface area contributed by atoms with E-state index in [2.05, 4.69) is 23.6 Å². The van der Waals surface area contributed by atoms with Crippen LogP contribution in [0.15, 0.2) is 0 Å². The Hall–Kier alpha value is 1.08. The molecule has 0 aromatic heterocycles. The minimum absolute atomic E-state index is 0. The van der Waals surface area contributed by atoms with E-state index in [-0.39, 0.29) is 38.9 Å². The molecule has 0 fully saturated rings. The molecule has 0 aliphatic rings. The average Bonchev–Trinajstić information content (AvgIpc) is 0.918. The minimum Gasteiger partial charge on any atom is -0.344 e. The third-order valence-electron chi connectivity index (χ3n) is 0. The summed E-state index contributed by atoms with van der Waals surface area (Å²) in [6, 6.07) is 0. The van der Waals surface area contributed by atoms with E-state index in [0.29, 0.717) is 0 Å². The molecule has 0 aliphatic heterocycles. The third kappa shape index (κ3) is 156. The molecule has 0 saturated heterocycles. The molecule has 0 radical (unpaired) electrons. The fraction of sp³-hybridized carbons (Fsp3) is 0. The van der Waals surface area contributed by atoms with Gasteiger partial charge in [-0.15, -0.1) is 4.35 Å². The van der Waals surface area contributed by atoms with Crippen LogP contribution < -0.4 is 22.8 Å². The predicted molar refractivity (Wildman–Crippen MR) is 29.9 cm³/mol. The van der Waals surface area contributed by atoms with E-state index in [0.717, 1.165) is 0 Å². The van der Waals surface area contributed by atoms with Crippen LogP contribution in [0.5, 0.6) is 0 Å². The molecule has 0 atom stereocenters. The monoisotopic (exact) mass is 242 g/mol. The first kappa shape index (κ1) is 42.7. The van der Waals surface area contributed by atoms with Crippen molar-refractivity contribution in [2.75, 3.05) is 0 Å². The zero-order chi connectivity index (χ0) is 2.71. The van der Waals surface area contributed by atoms with Crippen LogP contribution in [0, 0.1) is 0 Å². The van der Waals surface area contributed by atoms with E-state index < -0.39 is 0 Å². The molecule has 0 heterocycles. The number of rotatable bonds is 0. The second-order valence-electron chi connectivity index (χ2n) is 0.0714. The van der Waals surface area contributed by atoms with Crippen molar-refractivity contribution >= 4 is 23.6 Å². The Morgan fingerprint density at radius 2 is 0.857 bits per heavy atom. The van der Waals surface area contributed by atoms with Gasteiger partial charge in [0.25, 0.3) is 0 Å². The van der Waals surface area contributed by atoms with Gasteiger partial charge < -0.3 is 18.5 Å². The molecule has 0 rings (SSSR count). The molecule has 54 valence electrons. The molecule has 0 saturated carbocycles. The first-order valence-electron chi connectivity index (χ1n) is 0.378.